The lowest BCUT2D eigenvalue weighted by Crippen LogP contribution is -2.28. The van der Waals surface area contributed by atoms with E-state index in [2.05, 4.69) is 21.2 Å². The molecule has 0 aliphatic carbocycles. The molecule has 0 spiro atoms. The van der Waals surface area contributed by atoms with Gasteiger partial charge in [0.05, 0.1) is 5.56 Å². The molecule has 1 fully saturated rings. The third-order valence-electron chi connectivity index (χ3n) is 3.06. The second-order valence-corrected chi connectivity index (χ2v) is 5.04. The molecular weight excluding hydrogens is 273 g/mol. The molecular formula is C12H13BrFNO. The zero-order chi connectivity index (χ0) is 11.7. The van der Waals surface area contributed by atoms with Gasteiger partial charge in [-0.3, -0.25) is 4.79 Å². The Kier molecular flexibility index (Phi) is 3.40. The summed E-state index contributed by atoms with van der Waals surface area (Å²) >= 11 is 3.25. The molecule has 1 aromatic rings. The number of hydrogen-bond donors (Lipinski definition) is 1. The summed E-state index contributed by atoms with van der Waals surface area (Å²) in [5.74, 6) is -0.646. The number of rotatable bonds is 2. The monoisotopic (exact) mass is 285 g/mol. The minimum absolute atomic E-state index is 0.101. The molecule has 4 heteroatoms. The summed E-state index contributed by atoms with van der Waals surface area (Å²) < 4.78 is 14.3. The summed E-state index contributed by atoms with van der Waals surface area (Å²) in [4.78, 5) is 12.1. The highest BCUT2D eigenvalue weighted by Crippen LogP contribution is 2.24. The average molecular weight is 286 g/mol. The third kappa shape index (κ3) is 2.18. The molecule has 0 aromatic heterocycles. The standard InChI is InChI=1S/C12H13BrFNO/c1-7-9(4-5-15-7)12(16)10-6-8(13)2-3-11(10)14/h2-3,6-7,9,15H,4-5H2,1H3. The Labute approximate surface area is 102 Å². The molecule has 0 saturated carbocycles. The fourth-order valence-electron chi connectivity index (χ4n) is 2.10. The fourth-order valence-corrected chi connectivity index (χ4v) is 2.46. The summed E-state index contributed by atoms with van der Waals surface area (Å²) in [7, 11) is 0. The number of carbonyl (C=O) groups is 1. The van der Waals surface area contributed by atoms with Crippen LogP contribution in [-0.4, -0.2) is 18.4 Å². The third-order valence-corrected chi connectivity index (χ3v) is 3.55. The van der Waals surface area contributed by atoms with E-state index in [0.717, 1.165) is 17.4 Å². The number of hydrogen-bond acceptors (Lipinski definition) is 2. The summed E-state index contributed by atoms with van der Waals surface area (Å²) in [6.07, 6.45) is 0.784. The summed E-state index contributed by atoms with van der Waals surface area (Å²) in [6.45, 7) is 2.79. The Bertz CT molecular complexity index is 421. The van der Waals surface area contributed by atoms with E-state index in [1.54, 1.807) is 12.1 Å². The van der Waals surface area contributed by atoms with Gasteiger partial charge in [-0.25, -0.2) is 4.39 Å². The lowest BCUT2D eigenvalue weighted by atomic mass is 9.92. The van der Waals surface area contributed by atoms with Crippen molar-refractivity contribution in [2.75, 3.05) is 6.54 Å². The molecule has 1 aliphatic rings. The maximum absolute atomic E-state index is 13.5. The van der Waals surface area contributed by atoms with E-state index in [4.69, 9.17) is 0 Å². The number of carbonyl (C=O) groups excluding carboxylic acids is 1. The minimum atomic E-state index is -0.438. The molecule has 0 amide bonds. The van der Waals surface area contributed by atoms with Crippen LogP contribution in [0.5, 0.6) is 0 Å². The second-order valence-electron chi connectivity index (χ2n) is 4.13. The Hall–Kier alpha value is -0.740. The molecule has 0 bridgehead atoms. The first-order chi connectivity index (χ1) is 7.59. The van der Waals surface area contributed by atoms with E-state index in [0.29, 0.717) is 0 Å². The van der Waals surface area contributed by atoms with Crippen molar-refractivity contribution >= 4 is 21.7 Å². The van der Waals surface area contributed by atoms with E-state index in [1.807, 2.05) is 6.92 Å². The first-order valence-electron chi connectivity index (χ1n) is 5.32. The zero-order valence-electron chi connectivity index (χ0n) is 8.97. The smallest absolute Gasteiger partial charge is 0.170 e. The maximum atomic E-state index is 13.5. The van der Waals surface area contributed by atoms with Crippen LogP contribution in [0.15, 0.2) is 22.7 Å². The summed E-state index contributed by atoms with van der Waals surface area (Å²) in [6, 6.07) is 4.61. The highest BCUT2D eigenvalue weighted by molar-refractivity contribution is 9.10. The first-order valence-corrected chi connectivity index (χ1v) is 6.11. The van der Waals surface area contributed by atoms with E-state index in [9.17, 15) is 9.18 Å². The molecule has 86 valence electrons. The van der Waals surface area contributed by atoms with Gasteiger partial charge in [0.15, 0.2) is 5.78 Å². The fraction of sp³-hybridized carbons (Fsp3) is 0.417. The molecule has 0 radical (unpaired) electrons. The van der Waals surface area contributed by atoms with Gasteiger partial charge in [-0.1, -0.05) is 15.9 Å². The Morgan fingerprint density at radius 1 is 1.56 bits per heavy atom. The number of nitrogens with one attached hydrogen (secondary N) is 1. The Balaban J connectivity index is 2.29. The molecule has 1 aromatic carbocycles. The molecule has 1 aliphatic heterocycles. The van der Waals surface area contributed by atoms with Crippen molar-refractivity contribution in [3.05, 3.63) is 34.1 Å². The van der Waals surface area contributed by atoms with Crippen LogP contribution in [0.3, 0.4) is 0 Å². The van der Waals surface area contributed by atoms with Crippen LogP contribution >= 0.6 is 15.9 Å². The largest absolute Gasteiger partial charge is 0.313 e. The molecule has 1 heterocycles. The van der Waals surface area contributed by atoms with Crippen LogP contribution in [0.1, 0.15) is 23.7 Å². The van der Waals surface area contributed by atoms with Crippen LogP contribution < -0.4 is 5.32 Å². The van der Waals surface area contributed by atoms with Crippen molar-refractivity contribution in [3.63, 3.8) is 0 Å². The minimum Gasteiger partial charge on any atom is -0.313 e. The quantitative estimate of drug-likeness (QED) is 0.847. The van der Waals surface area contributed by atoms with E-state index in [-0.39, 0.29) is 23.3 Å². The molecule has 2 rings (SSSR count). The SMILES string of the molecule is CC1NCCC1C(=O)c1cc(Br)ccc1F. The summed E-state index contributed by atoms with van der Waals surface area (Å²) in [5.41, 5.74) is 0.190. The highest BCUT2D eigenvalue weighted by Gasteiger charge is 2.31. The Morgan fingerprint density at radius 2 is 2.31 bits per heavy atom. The second kappa shape index (κ2) is 4.63. The van der Waals surface area contributed by atoms with Crippen molar-refractivity contribution in [2.24, 2.45) is 5.92 Å². The normalized spacial score (nSPS) is 24.7. The number of Topliss-reactive ketones (excluding diaryl/α,β-unsaturated/α-hetero) is 1. The van der Waals surface area contributed by atoms with Crippen molar-refractivity contribution in [1.82, 2.24) is 5.32 Å². The molecule has 16 heavy (non-hydrogen) atoms. The van der Waals surface area contributed by atoms with Crippen LogP contribution in [-0.2, 0) is 0 Å². The van der Waals surface area contributed by atoms with Crippen molar-refractivity contribution in [1.29, 1.82) is 0 Å². The van der Waals surface area contributed by atoms with Crippen LogP contribution in [0, 0.1) is 11.7 Å². The molecule has 2 unspecified atom stereocenters. The first kappa shape index (κ1) is 11.7. The van der Waals surface area contributed by atoms with Gasteiger partial charge in [-0.15, -0.1) is 0 Å². The lowest BCUT2D eigenvalue weighted by Gasteiger charge is -2.14. The van der Waals surface area contributed by atoms with Crippen LogP contribution in [0.2, 0.25) is 0 Å². The van der Waals surface area contributed by atoms with Crippen LogP contribution in [0.25, 0.3) is 0 Å². The van der Waals surface area contributed by atoms with Crippen molar-refractivity contribution in [3.8, 4) is 0 Å². The topological polar surface area (TPSA) is 29.1 Å². The van der Waals surface area contributed by atoms with E-state index >= 15 is 0 Å². The summed E-state index contributed by atoms with van der Waals surface area (Å²) in [5, 5.41) is 3.20. The molecule has 2 atom stereocenters. The van der Waals surface area contributed by atoms with Gasteiger partial charge in [0, 0.05) is 16.4 Å². The van der Waals surface area contributed by atoms with Gasteiger partial charge >= 0.3 is 0 Å². The number of benzene rings is 1. The number of halogens is 2. The van der Waals surface area contributed by atoms with Crippen molar-refractivity contribution < 1.29 is 9.18 Å². The highest BCUT2D eigenvalue weighted by atomic mass is 79.9. The predicted octanol–water partition coefficient (Wildman–Crippen LogP) is 2.77. The maximum Gasteiger partial charge on any atom is 0.170 e. The predicted molar refractivity (Wildman–Crippen MR) is 64.0 cm³/mol. The zero-order valence-corrected chi connectivity index (χ0v) is 10.6. The molecule has 2 nitrogen and oxygen atoms in total. The van der Waals surface area contributed by atoms with Crippen molar-refractivity contribution in [2.45, 2.75) is 19.4 Å². The lowest BCUT2D eigenvalue weighted by molar-refractivity contribution is 0.0910. The van der Waals surface area contributed by atoms with Gasteiger partial charge < -0.3 is 5.32 Å². The molecule has 1 saturated heterocycles. The Morgan fingerprint density at radius 3 is 2.94 bits per heavy atom. The van der Waals surface area contributed by atoms with Gasteiger partial charge in [0.1, 0.15) is 5.82 Å². The van der Waals surface area contributed by atoms with E-state index < -0.39 is 5.82 Å². The molecule has 1 N–H and O–H groups in total. The number of ketones is 1. The van der Waals surface area contributed by atoms with E-state index in [1.165, 1.54) is 6.07 Å². The van der Waals surface area contributed by atoms with Gasteiger partial charge in [0.25, 0.3) is 0 Å². The average Bonchev–Trinajstić information content (AvgIpc) is 2.67. The van der Waals surface area contributed by atoms with Crippen LogP contribution in [0.4, 0.5) is 4.39 Å². The van der Waals surface area contributed by atoms with Gasteiger partial charge in [-0.05, 0) is 38.1 Å². The van der Waals surface area contributed by atoms with Gasteiger partial charge in [0.2, 0.25) is 0 Å². The van der Waals surface area contributed by atoms with Gasteiger partial charge in [-0.2, -0.15) is 0 Å².